The zero-order chi connectivity index (χ0) is 10.9. The van der Waals surface area contributed by atoms with E-state index in [0.717, 1.165) is 4.47 Å². The quantitative estimate of drug-likeness (QED) is 0.899. The van der Waals surface area contributed by atoms with E-state index >= 15 is 0 Å². The van der Waals surface area contributed by atoms with Crippen LogP contribution in [0.3, 0.4) is 0 Å². The third-order valence-corrected chi connectivity index (χ3v) is 2.79. The van der Waals surface area contributed by atoms with Crippen molar-refractivity contribution in [3.8, 4) is 0 Å². The van der Waals surface area contributed by atoms with Gasteiger partial charge < -0.3 is 5.11 Å². The second-order valence-corrected chi connectivity index (χ2v) is 4.94. The molecule has 76 valence electrons. The number of carboxylic acids is 1. The molecule has 0 amide bonds. The van der Waals surface area contributed by atoms with Gasteiger partial charge in [0.25, 0.3) is 0 Å². The van der Waals surface area contributed by atoms with Crippen molar-refractivity contribution in [2.75, 3.05) is 0 Å². The largest absolute Gasteiger partial charge is 0.481 e. The van der Waals surface area contributed by atoms with Gasteiger partial charge in [-0.2, -0.15) is 0 Å². The average Bonchev–Trinajstić information content (AvgIpc) is 2.01. The smallest absolute Gasteiger partial charge is 0.313 e. The first-order valence-corrected chi connectivity index (χ1v) is 5.21. The molecule has 0 aromatic heterocycles. The van der Waals surface area contributed by atoms with Crippen LogP contribution in [0.1, 0.15) is 19.4 Å². The van der Waals surface area contributed by atoms with Crippen molar-refractivity contribution in [2.24, 2.45) is 0 Å². The van der Waals surface area contributed by atoms with Gasteiger partial charge in [-0.25, -0.2) is 0 Å². The molecule has 2 nitrogen and oxygen atoms in total. The minimum absolute atomic E-state index is 0.531. The summed E-state index contributed by atoms with van der Waals surface area (Å²) >= 11 is 9.12. The SMILES string of the molecule is CC(C)(C(=O)O)c1cc(Cl)cc(Br)c1. The summed E-state index contributed by atoms with van der Waals surface area (Å²) in [5.41, 5.74) is -0.239. The fourth-order valence-corrected chi connectivity index (χ4v) is 1.90. The molecular formula is C10H10BrClO2. The highest BCUT2D eigenvalue weighted by Crippen LogP contribution is 2.29. The molecule has 4 heteroatoms. The Morgan fingerprint density at radius 3 is 2.43 bits per heavy atom. The van der Waals surface area contributed by atoms with Gasteiger partial charge in [-0.15, -0.1) is 0 Å². The van der Waals surface area contributed by atoms with Gasteiger partial charge in [0.05, 0.1) is 5.41 Å². The summed E-state index contributed by atoms with van der Waals surface area (Å²) < 4.78 is 0.786. The number of benzene rings is 1. The summed E-state index contributed by atoms with van der Waals surface area (Å²) in [6, 6.07) is 5.16. The van der Waals surface area contributed by atoms with Crippen LogP contribution in [-0.4, -0.2) is 11.1 Å². The normalized spacial score (nSPS) is 11.4. The molecule has 0 heterocycles. The number of rotatable bonds is 2. The van der Waals surface area contributed by atoms with Crippen LogP contribution in [0.5, 0.6) is 0 Å². The lowest BCUT2D eigenvalue weighted by molar-refractivity contribution is -0.142. The third-order valence-electron chi connectivity index (χ3n) is 2.12. The van der Waals surface area contributed by atoms with Crippen molar-refractivity contribution >= 4 is 33.5 Å². The summed E-state index contributed by atoms with van der Waals surface area (Å²) in [5, 5.41) is 9.55. The molecule has 0 unspecified atom stereocenters. The average molecular weight is 278 g/mol. The Labute approximate surface area is 96.0 Å². The minimum Gasteiger partial charge on any atom is -0.481 e. The zero-order valence-corrected chi connectivity index (χ0v) is 10.2. The molecule has 0 aliphatic heterocycles. The van der Waals surface area contributed by atoms with E-state index in [1.807, 2.05) is 0 Å². The van der Waals surface area contributed by atoms with Crippen LogP contribution in [0.4, 0.5) is 0 Å². The predicted octanol–water partition coefficient (Wildman–Crippen LogP) is 3.46. The van der Waals surface area contributed by atoms with Crippen molar-refractivity contribution in [2.45, 2.75) is 19.3 Å². The second-order valence-electron chi connectivity index (χ2n) is 3.59. The van der Waals surface area contributed by atoms with E-state index in [-0.39, 0.29) is 0 Å². The first-order valence-electron chi connectivity index (χ1n) is 4.04. The number of aliphatic carboxylic acids is 1. The summed E-state index contributed by atoms with van der Waals surface area (Å²) in [7, 11) is 0. The van der Waals surface area contributed by atoms with E-state index < -0.39 is 11.4 Å². The Morgan fingerprint density at radius 1 is 1.43 bits per heavy atom. The lowest BCUT2D eigenvalue weighted by Crippen LogP contribution is -2.28. The van der Waals surface area contributed by atoms with Crippen LogP contribution < -0.4 is 0 Å². The molecule has 0 bridgehead atoms. The van der Waals surface area contributed by atoms with Crippen LogP contribution in [0.2, 0.25) is 5.02 Å². The standard InChI is InChI=1S/C10H10BrClO2/c1-10(2,9(13)14)6-3-7(11)5-8(12)4-6/h3-5H,1-2H3,(H,13,14). The van der Waals surface area contributed by atoms with E-state index in [1.54, 1.807) is 32.0 Å². The Morgan fingerprint density at radius 2 is 2.00 bits per heavy atom. The molecule has 0 saturated carbocycles. The fraction of sp³-hybridized carbons (Fsp3) is 0.300. The van der Waals surface area contributed by atoms with Crippen LogP contribution in [0.25, 0.3) is 0 Å². The Hall–Kier alpha value is -0.540. The van der Waals surface area contributed by atoms with Crippen LogP contribution in [-0.2, 0) is 10.2 Å². The van der Waals surface area contributed by atoms with E-state index in [2.05, 4.69) is 15.9 Å². The number of carboxylic acid groups (broad SMARTS) is 1. The highest BCUT2D eigenvalue weighted by molar-refractivity contribution is 9.10. The molecule has 0 fully saturated rings. The fourth-order valence-electron chi connectivity index (χ4n) is 1.04. The van der Waals surface area contributed by atoms with Crippen molar-refractivity contribution in [1.29, 1.82) is 0 Å². The maximum absolute atomic E-state index is 11.0. The highest BCUT2D eigenvalue weighted by atomic mass is 79.9. The summed E-state index contributed by atoms with van der Waals surface area (Å²) in [4.78, 5) is 11.0. The van der Waals surface area contributed by atoms with Gasteiger partial charge in [0, 0.05) is 9.50 Å². The monoisotopic (exact) mass is 276 g/mol. The number of hydrogen-bond donors (Lipinski definition) is 1. The lowest BCUT2D eigenvalue weighted by atomic mass is 9.85. The molecular weight excluding hydrogens is 267 g/mol. The van der Waals surface area contributed by atoms with Crippen LogP contribution in [0, 0.1) is 0 Å². The van der Waals surface area contributed by atoms with Crippen LogP contribution in [0.15, 0.2) is 22.7 Å². The third kappa shape index (κ3) is 2.28. The summed E-state index contributed by atoms with van der Waals surface area (Å²) in [6.07, 6.45) is 0. The van der Waals surface area contributed by atoms with Gasteiger partial charge in [-0.3, -0.25) is 4.79 Å². The maximum Gasteiger partial charge on any atom is 0.313 e. The molecule has 0 aliphatic rings. The van der Waals surface area contributed by atoms with Gasteiger partial charge in [-0.1, -0.05) is 27.5 Å². The van der Waals surface area contributed by atoms with E-state index in [9.17, 15) is 4.79 Å². The van der Waals surface area contributed by atoms with Gasteiger partial charge in [0.15, 0.2) is 0 Å². The molecule has 1 aromatic carbocycles. The molecule has 1 rings (SSSR count). The lowest BCUT2D eigenvalue weighted by Gasteiger charge is -2.20. The van der Waals surface area contributed by atoms with Crippen molar-refractivity contribution in [3.63, 3.8) is 0 Å². The van der Waals surface area contributed by atoms with Gasteiger partial charge in [0.1, 0.15) is 0 Å². The van der Waals surface area contributed by atoms with Crippen LogP contribution >= 0.6 is 27.5 Å². The van der Waals surface area contributed by atoms with Gasteiger partial charge in [0.2, 0.25) is 0 Å². The molecule has 0 atom stereocenters. The summed E-state index contributed by atoms with van der Waals surface area (Å²) in [6.45, 7) is 3.29. The predicted molar refractivity (Wildman–Crippen MR) is 59.8 cm³/mol. The van der Waals surface area contributed by atoms with Gasteiger partial charge >= 0.3 is 5.97 Å². The molecule has 14 heavy (non-hydrogen) atoms. The number of halogens is 2. The van der Waals surface area contributed by atoms with Crippen molar-refractivity contribution in [3.05, 3.63) is 33.3 Å². The Kier molecular flexibility index (Phi) is 3.22. The minimum atomic E-state index is -0.923. The van der Waals surface area contributed by atoms with Crippen molar-refractivity contribution in [1.82, 2.24) is 0 Å². The maximum atomic E-state index is 11.0. The van der Waals surface area contributed by atoms with E-state index in [4.69, 9.17) is 16.7 Å². The molecule has 1 aromatic rings. The Balaban J connectivity index is 3.25. The Bertz CT molecular complexity index is 354. The highest BCUT2D eigenvalue weighted by Gasteiger charge is 2.29. The van der Waals surface area contributed by atoms with Crippen molar-refractivity contribution < 1.29 is 9.90 Å². The number of hydrogen-bond acceptors (Lipinski definition) is 1. The molecule has 1 N–H and O–H groups in total. The summed E-state index contributed by atoms with van der Waals surface area (Å²) in [5.74, 6) is -0.869. The van der Waals surface area contributed by atoms with Gasteiger partial charge in [-0.05, 0) is 37.6 Å². The molecule has 0 radical (unpaired) electrons. The molecule has 0 aliphatic carbocycles. The molecule has 0 spiro atoms. The topological polar surface area (TPSA) is 37.3 Å². The van der Waals surface area contributed by atoms with E-state index in [1.165, 1.54) is 0 Å². The molecule has 0 saturated heterocycles. The number of carbonyl (C=O) groups is 1. The second kappa shape index (κ2) is 3.91. The van der Waals surface area contributed by atoms with E-state index in [0.29, 0.717) is 10.6 Å². The first-order chi connectivity index (χ1) is 6.34. The zero-order valence-electron chi connectivity index (χ0n) is 7.84. The first kappa shape index (κ1) is 11.5.